The van der Waals surface area contributed by atoms with Crippen LogP contribution in [-0.4, -0.2) is 80.3 Å². The molecule has 1 aromatic rings. The van der Waals surface area contributed by atoms with E-state index in [0.717, 1.165) is 52.1 Å². The molecule has 2 saturated heterocycles. The summed E-state index contributed by atoms with van der Waals surface area (Å²) < 4.78 is 5.34. The molecule has 0 aliphatic carbocycles. The summed E-state index contributed by atoms with van der Waals surface area (Å²) in [5, 5.41) is 6.09. The van der Waals surface area contributed by atoms with E-state index in [-0.39, 0.29) is 18.0 Å². The van der Waals surface area contributed by atoms with Crippen LogP contribution < -0.4 is 10.6 Å². The molecule has 7 heteroatoms. The lowest BCUT2D eigenvalue weighted by molar-refractivity contribution is 0.0374. The minimum atomic E-state index is -0.0402. The van der Waals surface area contributed by atoms with Crippen LogP contribution in [0, 0.1) is 0 Å². The van der Waals surface area contributed by atoms with E-state index in [1.807, 2.05) is 35.2 Å². The molecule has 2 aliphatic heterocycles. The van der Waals surface area contributed by atoms with E-state index >= 15 is 0 Å². The number of urea groups is 1. The van der Waals surface area contributed by atoms with Gasteiger partial charge in [-0.05, 0) is 37.9 Å². The summed E-state index contributed by atoms with van der Waals surface area (Å²) in [6, 6.07) is 9.38. The van der Waals surface area contributed by atoms with Gasteiger partial charge in [0.1, 0.15) is 0 Å². The first-order chi connectivity index (χ1) is 13.2. The molecule has 2 N–H and O–H groups in total. The molecule has 0 atom stereocenters. The van der Waals surface area contributed by atoms with Gasteiger partial charge in [0.05, 0.1) is 13.2 Å². The number of amides is 3. The van der Waals surface area contributed by atoms with Crippen LogP contribution in [0.1, 0.15) is 29.6 Å². The van der Waals surface area contributed by atoms with Gasteiger partial charge in [-0.3, -0.25) is 9.69 Å². The van der Waals surface area contributed by atoms with Gasteiger partial charge in [-0.1, -0.05) is 18.2 Å². The first-order valence-corrected chi connectivity index (χ1v) is 9.91. The quantitative estimate of drug-likeness (QED) is 0.737. The molecule has 0 radical (unpaired) electrons. The Kier molecular flexibility index (Phi) is 7.47. The second-order valence-corrected chi connectivity index (χ2v) is 7.14. The summed E-state index contributed by atoms with van der Waals surface area (Å²) >= 11 is 0. The molecule has 2 heterocycles. The highest BCUT2D eigenvalue weighted by Crippen LogP contribution is 2.11. The van der Waals surface area contributed by atoms with Crippen LogP contribution >= 0.6 is 0 Å². The molecule has 2 aliphatic rings. The van der Waals surface area contributed by atoms with Crippen molar-refractivity contribution in [1.82, 2.24) is 20.4 Å². The Bertz CT molecular complexity index is 597. The maximum Gasteiger partial charge on any atom is 0.317 e. The van der Waals surface area contributed by atoms with Crippen molar-refractivity contribution in [3.63, 3.8) is 0 Å². The Labute approximate surface area is 161 Å². The van der Waals surface area contributed by atoms with Gasteiger partial charge in [0.2, 0.25) is 0 Å². The Hall–Kier alpha value is -2.12. The van der Waals surface area contributed by atoms with Gasteiger partial charge < -0.3 is 20.3 Å². The second kappa shape index (κ2) is 10.3. The number of nitrogens with zero attached hydrogens (tertiary/aromatic N) is 2. The van der Waals surface area contributed by atoms with Crippen LogP contribution in [0.4, 0.5) is 4.79 Å². The average Bonchev–Trinajstić information content (AvgIpc) is 2.73. The third kappa shape index (κ3) is 6.22. The predicted octanol–water partition coefficient (Wildman–Crippen LogP) is 1.31. The van der Waals surface area contributed by atoms with Gasteiger partial charge in [-0.25, -0.2) is 4.79 Å². The van der Waals surface area contributed by atoms with Crippen molar-refractivity contribution < 1.29 is 14.3 Å². The minimum Gasteiger partial charge on any atom is -0.379 e. The number of carbonyl (C=O) groups is 2. The number of carbonyl (C=O) groups excluding carboxylic acids is 2. The Morgan fingerprint density at radius 2 is 1.74 bits per heavy atom. The zero-order chi connectivity index (χ0) is 18.9. The fourth-order valence-electron chi connectivity index (χ4n) is 3.52. The Balaban J connectivity index is 1.30. The lowest BCUT2D eigenvalue weighted by Crippen LogP contribution is -2.49. The van der Waals surface area contributed by atoms with Crippen LogP contribution in [-0.2, 0) is 4.74 Å². The van der Waals surface area contributed by atoms with E-state index in [1.54, 1.807) is 0 Å². The topological polar surface area (TPSA) is 73.9 Å². The molecule has 0 unspecified atom stereocenters. The molecule has 3 rings (SSSR count). The Morgan fingerprint density at radius 1 is 1.04 bits per heavy atom. The van der Waals surface area contributed by atoms with Gasteiger partial charge >= 0.3 is 6.03 Å². The number of nitrogens with one attached hydrogen (secondary N) is 2. The smallest absolute Gasteiger partial charge is 0.317 e. The van der Waals surface area contributed by atoms with E-state index in [2.05, 4.69) is 15.5 Å². The molecule has 27 heavy (non-hydrogen) atoms. The highest BCUT2D eigenvalue weighted by molar-refractivity contribution is 5.94. The zero-order valence-corrected chi connectivity index (χ0v) is 15.9. The van der Waals surface area contributed by atoms with Gasteiger partial charge in [0.15, 0.2) is 0 Å². The van der Waals surface area contributed by atoms with Crippen LogP contribution in [0.25, 0.3) is 0 Å². The highest BCUT2D eigenvalue weighted by Gasteiger charge is 2.24. The SMILES string of the molecule is O=C(NC1CCN(C(=O)NCCCN2CCOCC2)CC1)c1ccccc1. The number of hydrogen-bond acceptors (Lipinski definition) is 4. The summed E-state index contributed by atoms with van der Waals surface area (Å²) in [5.41, 5.74) is 0.679. The number of morpholine rings is 1. The van der Waals surface area contributed by atoms with Crippen molar-refractivity contribution >= 4 is 11.9 Å². The molecule has 1 aromatic carbocycles. The van der Waals surface area contributed by atoms with Crippen molar-refractivity contribution in [2.24, 2.45) is 0 Å². The third-order valence-corrected chi connectivity index (χ3v) is 5.18. The fourth-order valence-corrected chi connectivity index (χ4v) is 3.52. The van der Waals surface area contributed by atoms with E-state index in [9.17, 15) is 9.59 Å². The molecule has 148 valence electrons. The molecule has 0 bridgehead atoms. The largest absolute Gasteiger partial charge is 0.379 e. The van der Waals surface area contributed by atoms with Crippen LogP contribution in [0.3, 0.4) is 0 Å². The Morgan fingerprint density at radius 3 is 2.44 bits per heavy atom. The van der Waals surface area contributed by atoms with E-state index < -0.39 is 0 Å². The number of hydrogen-bond donors (Lipinski definition) is 2. The number of benzene rings is 1. The number of ether oxygens (including phenoxy) is 1. The van der Waals surface area contributed by atoms with Crippen LogP contribution in [0.5, 0.6) is 0 Å². The number of likely N-dealkylation sites (tertiary alicyclic amines) is 1. The fraction of sp³-hybridized carbons (Fsp3) is 0.600. The third-order valence-electron chi connectivity index (χ3n) is 5.18. The van der Waals surface area contributed by atoms with Crippen molar-refractivity contribution in [1.29, 1.82) is 0 Å². The summed E-state index contributed by atoms with van der Waals surface area (Å²) in [7, 11) is 0. The average molecular weight is 374 g/mol. The van der Waals surface area contributed by atoms with Crippen LogP contribution in [0.15, 0.2) is 30.3 Å². The first-order valence-electron chi connectivity index (χ1n) is 9.91. The minimum absolute atomic E-state index is 0.00446. The van der Waals surface area contributed by atoms with Crippen LogP contribution in [0.2, 0.25) is 0 Å². The maximum absolute atomic E-state index is 12.3. The van der Waals surface area contributed by atoms with Gasteiger partial charge in [0, 0.05) is 44.3 Å². The lowest BCUT2D eigenvalue weighted by Gasteiger charge is -2.32. The standard InChI is InChI=1S/C20H30N4O3/c25-19(17-5-2-1-3-6-17)22-18-7-11-24(12-8-18)20(26)21-9-4-10-23-13-15-27-16-14-23/h1-3,5-6,18H,4,7-16H2,(H,21,26)(H,22,25). The molecule has 0 saturated carbocycles. The molecule has 7 nitrogen and oxygen atoms in total. The summed E-state index contributed by atoms with van der Waals surface area (Å²) in [6.45, 7) is 6.62. The summed E-state index contributed by atoms with van der Waals surface area (Å²) in [4.78, 5) is 28.7. The van der Waals surface area contributed by atoms with Gasteiger partial charge in [0.25, 0.3) is 5.91 Å². The molecule has 3 amide bonds. The molecule has 0 spiro atoms. The lowest BCUT2D eigenvalue weighted by atomic mass is 10.0. The molecular weight excluding hydrogens is 344 g/mol. The molecule has 2 fully saturated rings. The highest BCUT2D eigenvalue weighted by atomic mass is 16.5. The predicted molar refractivity (Wildman–Crippen MR) is 104 cm³/mol. The van der Waals surface area contributed by atoms with Gasteiger partial charge in [-0.15, -0.1) is 0 Å². The monoisotopic (exact) mass is 374 g/mol. The van der Waals surface area contributed by atoms with Crippen molar-refractivity contribution in [2.45, 2.75) is 25.3 Å². The maximum atomic E-state index is 12.3. The van der Waals surface area contributed by atoms with Crippen molar-refractivity contribution in [3.05, 3.63) is 35.9 Å². The van der Waals surface area contributed by atoms with E-state index in [0.29, 0.717) is 25.2 Å². The van der Waals surface area contributed by atoms with E-state index in [4.69, 9.17) is 4.74 Å². The first kappa shape index (κ1) is 19.6. The summed E-state index contributed by atoms with van der Waals surface area (Å²) in [6.07, 6.45) is 2.54. The molecule has 0 aromatic heterocycles. The summed E-state index contributed by atoms with van der Waals surface area (Å²) in [5.74, 6) is -0.0402. The van der Waals surface area contributed by atoms with Crippen molar-refractivity contribution in [2.75, 3.05) is 52.5 Å². The second-order valence-electron chi connectivity index (χ2n) is 7.14. The van der Waals surface area contributed by atoms with Gasteiger partial charge in [-0.2, -0.15) is 0 Å². The van der Waals surface area contributed by atoms with E-state index in [1.165, 1.54) is 0 Å². The normalized spacial score (nSPS) is 18.9. The number of piperidine rings is 1. The molecular formula is C20H30N4O3. The number of rotatable bonds is 6. The van der Waals surface area contributed by atoms with Crippen molar-refractivity contribution in [3.8, 4) is 0 Å². The zero-order valence-electron chi connectivity index (χ0n) is 15.9.